The Morgan fingerprint density at radius 3 is 1.41 bits per heavy atom. The second kappa shape index (κ2) is 32.1. The lowest BCUT2D eigenvalue weighted by Gasteiger charge is -2.15. The molecule has 0 saturated heterocycles. The van der Waals surface area contributed by atoms with E-state index in [9.17, 15) is 23.5 Å². The Hall–Kier alpha value is -7.82. The van der Waals surface area contributed by atoms with Crippen LogP contribution in [0.15, 0.2) is 146 Å². The van der Waals surface area contributed by atoms with E-state index in [1.54, 1.807) is 50.4 Å². The molecular weight excluding hydrogens is 1300 g/mol. The highest BCUT2D eigenvalue weighted by atomic mass is 27.3. The molecule has 6 aromatic heterocycles. The second-order valence-corrected chi connectivity index (χ2v) is 26.8. The number of hydrogen-bond donors (Lipinski definition) is 1. The zero-order chi connectivity index (χ0) is 66.5. The van der Waals surface area contributed by atoms with E-state index in [1.165, 1.54) is 0 Å². The molecular formula is C66H51Al6F3N8O11. The molecule has 19 nitrogen and oxygen atoms in total. The van der Waals surface area contributed by atoms with Crippen molar-refractivity contribution in [2.24, 2.45) is 0 Å². The van der Waals surface area contributed by atoms with Crippen molar-refractivity contribution >= 4 is 166 Å². The number of aliphatic hydroxyl groups excluding tert-OH is 1. The first-order chi connectivity index (χ1) is 45.4. The van der Waals surface area contributed by atoms with Gasteiger partial charge in [-0.2, -0.15) is 18.4 Å². The number of hydrogen-bond acceptors (Lipinski definition) is 18. The van der Waals surface area contributed by atoms with E-state index in [4.69, 9.17) is 42.6 Å². The van der Waals surface area contributed by atoms with Crippen LogP contribution in [0.3, 0.4) is 0 Å². The fourth-order valence-corrected chi connectivity index (χ4v) is 13.4. The molecule has 0 aliphatic heterocycles. The lowest BCUT2D eigenvalue weighted by Crippen LogP contribution is -2.16. The van der Waals surface area contributed by atoms with Gasteiger partial charge in [0.05, 0.1) is 43.0 Å². The third-order valence-corrected chi connectivity index (χ3v) is 18.9. The largest absolute Gasteiger partial charge is 0.743 e. The average Bonchev–Trinajstić information content (AvgIpc) is 0.875. The van der Waals surface area contributed by atoms with Gasteiger partial charge in [0.15, 0.2) is 5.69 Å². The molecule has 12 rings (SSSR count). The molecule has 94 heavy (non-hydrogen) atoms. The minimum Gasteiger partial charge on any atom is -0.626 e. The van der Waals surface area contributed by atoms with Gasteiger partial charge in [-0.1, -0.05) is 42.5 Å². The number of nitriles is 1. The third kappa shape index (κ3) is 17.2. The van der Waals surface area contributed by atoms with Gasteiger partial charge in [0.2, 0.25) is 0 Å². The number of alkyl halides is 3. The van der Waals surface area contributed by atoms with E-state index >= 15 is 0 Å². The Labute approximate surface area is 579 Å². The SMILES string of the molecule is COc1cc(C)nc2c([O][Al][O][Al][O]c3cccc4c(CO)cc(C)nc34)cccc12.Cc1cc([O][Al][O][Al][O]c2cc(C(F)(F)F)cc3ccc(C)nc23)c2nc(C)ccc2c1.[C-]#[N+]c1ccc([O][Al][O][Al][O]c2ccc(C#N)c3ccc(C)nc23)c2nc(C)ccc12. The van der Waals surface area contributed by atoms with Crippen LogP contribution in [0.5, 0.6) is 40.2 Å². The Morgan fingerprint density at radius 1 is 0.447 bits per heavy atom. The molecule has 0 saturated carbocycles. The van der Waals surface area contributed by atoms with Gasteiger partial charge in [-0.05, 0) is 157 Å². The molecule has 0 amide bonds. The molecule has 6 heterocycles. The van der Waals surface area contributed by atoms with E-state index < -0.39 is 107 Å². The predicted octanol–water partition coefficient (Wildman–Crippen LogP) is 13.1. The molecule has 0 bridgehead atoms. The summed E-state index contributed by atoms with van der Waals surface area (Å²) in [5.74, 6) is 3.88. The summed E-state index contributed by atoms with van der Waals surface area (Å²) in [4.78, 5) is 30.6. The summed E-state index contributed by atoms with van der Waals surface area (Å²) in [5.41, 5.74) is 10.9. The number of fused-ring (bicyclic) bond motifs is 6. The summed E-state index contributed by atoms with van der Waals surface area (Å²) >= 11 is -5.26. The van der Waals surface area contributed by atoms with Gasteiger partial charge in [0.1, 0.15) is 67.8 Å². The van der Waals surface area contributed by atoms with Crippen LogP contribution in [0, 0.1) is 66.4 Å². The molecule has 0 fully saturated rings. The number of rotatable bonds is 20. The van der Waals surface area contributed by atoms with Crippen LogP contribution < -0.4 is 27.5 Å². The fourth-order valence-electron chi connectivity index (χ4n) is 9.82. The van der Waals surface area contributed by atoms with Gasteiger partial charge in [-0.15, -0.1) is 0 Å². The van der Waals surface area contributed by atoms with Crippen LogP contribution in [0.25, 0.3) is 70.3 Å². The number of aryl methyl sites for hydroxylation is 7. The summed E-state index contributed by atoms with van der Waals surface area (Å²) in [6, 6.07) is 44.9. The van der Waals surface area contributed by atoms with Gasteiger partial charge < -0.3 is 41.1 Å². The zero-order valence-corrected chi connectivity index (χ0v) is 58.7. The molecule has 0 spiro atoms. The molecule has 1 N–H and O–H groups in total. The minimum atomic E-state index is -4.49. The van der Waals surface area contributed by atoms with Gasteiger partial charge in [0, 0.05) is 72.5 Å². The highest BCUT2D eigenvalue weighted by Gasteiger charge is 2.32. The van der Waals surface area contributed by atoms with Crippen LogP contribution >= 0.6 is 0 Å². The van der Waals surface area contributed by atoms with E-state index in [2.05, 4.69) is 40.8 Å². The summed E-state index contributed by atoms with van der Waals surface area (Å²) in [6.45, 7) is 20.5. The zero-order valence-electron chi connectivity index (χ0n) is 51.8. The summed E-state index contributed by atoms with van der Waals surface area (Å²) in [5, 5.41) is 23.5. The Morgan fingerprint density at radius 2 is 0.883 bits per heavy atom. The van der Waals surface area contributed by atoms with Crippen LogP contribution in [-0.4, -0.2) is 137 Å². The lowest BCUT2D eigenvalue weighted by atomic mass is 10.1. The topological polar surface area (TPSA) is 218 Å². The van der Waals surface area contributed by atoms with Crippen LogP contribution in [-0.2, 0) is 21.3 Å². The minimum absolute atomic E-state index is 0.0474. The number of para-hydroxylation sites is 2. The first-order valence-electron chi connectivity index (χ1n) is 28.7. The third-order valence-electron chi connectivity index (χ3n) is 14.1. The number of nitrogens with zero attached hydrogens (tertiary/aromatic N) is 8. The average molecular weight is 1350 g/mol. The number of halogens is 3. The summed E-state index contributed by atoms with van der Waals surface area (Å²) in [6.07, 6.45) is -4.49. The van der Waals surface area contributed by atoms with E-state index in [0.29, 0.717) is 67.6 Å². The van der Waals surface area contributed by atoms with Crippen molar-refractivity contribution in [3.63, 3.8) is 0 Å². The molecule has 0 atom stereocenters. The normalized spacial score (nSPS) is 10.9. The molecule has 460 valence electrons. The molecule has 0 unspecified atom stereocenters. The first-order valence-corrected chi connectivity index (χ1v) is 34.3. The monoisotopic (exact) mass is 1350 g/mol. The Balaban J connectivity index is 0.000000154. The van der Waals surface area contributed by atoms with Gasteiger partial charge in [-0.25, -0.2) is 29.8 Å². The number of pyridine rings is 6. The van der Waals surface area contributed by atoms with Crippen molar-refractivity contribution in [3.05, 3.63) is 213 Å². The van der Waals surface area contributed by atoms with E-state index in [-0.39, 0.29) is 12.4 Å². The van der Waals surface area contributed by atoms with Gasteiger partial charge in [0.25, 0.3) is 0 Å². The van der Waals surface area contributed by atoms with E-state index in [0.717, 1.165) is 101 Å². The maximum Gasteiger partial charge on any atom is 0.743 e. The van der Waals surface area contributed by atoms with Gasteiger partial charge >= 0.3 is 101 Å². The molecule has 0 aliphatic carbocycles. The first kappa shape index (κ1) is 69.0. The van der Waals surface area contributed by atoms with Crippen molar-refractivity contribution < 1.29 is 54.3 Å². The molecule has 0 aliphatic rings. The molecule has 28 heteroatoms. The van der Waals surface area contributed by atoms with Crippen molar-refractivity contribution in [2.45, 2.75) is 61.2 Å². The lowest BCUT2D eigenvalue weighted by molar-refractivity contribution is -0.137. The smallest absolute Gasteiger partial charge is 0.626 e. The maximum atomic E-state index is 13.3. The Bertz CT molecular complexity index is 4680. The second-order valence-electron chi connectivity index (χ2n) is 20.9. The van der Waals surface area contributed by atoms with Gasteiger partial charge in [-0.3, -0.25) is 4.98 Å². The number of benzene rings is 6. The quantitative estimate of drug-likeness (QED) is 0.0426. The van der Waals surface area contributed by atoms with Crippen molar-refractivity contribution in [3.8, 4) is 46.3 Å². The van der Waals surface area contributed by atoms with Crippen LogP contribution in [0.2, 0.25) is 0 Å². The fraction of sp³-hybridized carbons (Fsp3) is 0.152. The summed E-state index contributed by atoms with van der Waals surface area (Å²) in [7, 11) is 1.64. The van der Waals surface area contributed by atoms with Crippen molar-refractivity contribution in [2.75, 3.05) is 7.11 Å². The molecule has 12 aromatic rings. The number of aliphatic hydroxyl groups is 1. The number of ether oxygens (including phenoxy) is 1. The maximum absolute atomic E-state index is 13.3. The predicted molar refractivity (Wildman–Crippen MR) is 354 cm³/mol. The standard InChI is InChI=1S/C11H8F3NO.2C11H8N2O.2C11H11NO2.C11H11NO.6Al.3O/c1-6-2-3-7-4-8(11(12,13)14)5-9(16)10(7)15-6;1-7-3-4-8-9(12-2)5-6-10(14)11(8)13-7;1-7-2-4-9-8(6-12)3-5-10(14)11(9)13-7;1-7-6-10(14-2)8-4-3-5-9(13)11(8)12-7;1-7-5-8(6-13)9-3-2-4-10(14)11(9)12-7;1-7-5-9-4-3-8(2)12-11(9)10(13)6-7;;;;;;;;;/h2-5,16H,1H3;3-6,14H,1H3;2-5,14H,1H3;3-6,13H,1-2H3;2-5,13-14H,6H2,1H3;3-6,13H,1-2H3;;;;;;;;;/q;;;;;;6*+1;;;/p-6. The van der Waals surface area contributed by atoms with Crippen molar-refractivity contribution in [1.82, 2.24) is 29.9 Å². The molecule has 6 aromatic carbocycles. The molecule has 6 radical (unpaired) electrons. The highest BCUT2D eigenvalue weighted by molar-refractivity contribution is 6.37. The van der Waals surface area contributed by atoms with Crippen LogP contribution in [0.1, 0.15) is 56.4 Å². The van der Waals surface area contributed by atoms with E-state index in [1.807, 2.05) is 139 Å². The number of aromatic nitrogens is 6. The number of methoxy groups -OCH3 is 1. The highest BCUT2D eigenvalue weighted by Crippen LogP contribution is 2.38. The van der Waals surface area contributed by atoms with Crippen molar-refractivity contribution in [1.29, 1.82) is 5.26 Å². The summed E-state index contributed by atoms with van der Waals surface area (Å²) < 4.78 is 97.0. The Kier molecular flexibility index (Phi) is 23.6. The van der Waals surface area contributed by atoms with Crippen LogP contribution in [0.4, 0.5) is 18.9 Å².